The van der Waals surface area contributed by atoms with E-state index in [1.54, 1.807) is 4.90 Å². The zero-order valence-corrected chi connectivity index (χ0v) is 15.5. The molecule has 3 rings (SSSR count). The van der Waals surface area contributed by atoms with Gasteiger partial charge in [0.15, 0.2) is 0 Å². The quantitative estimate of drug-likeness (QED) is 0.585. The summed E-state index contributed by atoms with van der Waals surface area (Å²) in [6.07, 6.45) is 1.31. The second-order valence-corrected chi connectivity index (χ2v) is 6.56. The Kier molecular flexibility index (Phi) is 5.88. The Balaban J connectivity index is 1.85. The van der Waals surface area contributed by atoms with E-state index < -0.39 is 16.9 Å². The maximum absolute atomic E-state index is 12.8. The highest BCUT2D eigenvalue weighted by Crippen LogP contribution is 2.24. The fourth-order valence-corrected chi connectivity index (χ4v) is 3.22. The van der Waals surface area contributed by atoms with Crippen molar-refractivity contribution in [1.82, 2.24) is 10.2 Å². The van der Waals surface area contributed by atoms with E-state index in [-0.39, 0.29) is 22.9 Å². The number of carbonyl (C=O) groups is 2. The van der Waals surface area contributed by atoms with Crippen LogP contribution in [0, 0.1) is 10.1 Å². The molecule has 1 aliphatic heterocycles. The molecule has 0 aliphatic carbocycles. The summed E-state index contributed by atoms with van der Waals surface area (Å²) in [7, 11) is 1.38. The molecule has 8 nitrogen and oxygen atoms in total. The monoisotopic (exact) mass is 383 g/mol. The smallest absolute Gasteiger partial charge is 0.273 e. The molecule has 0 saturated carbocycles. The highest BCUT2D eigenvalue weighted by Gasteiger charge is 2.26. The summed E-state index contributed by atoms with van der Waals surface area (Å²) < 4.78 is 5.07. The number of hydrogen-bond donors (Lipinski definition) is 1. The maximum atomic E-state index is 12.8. The largest absolute Gasteiger partial charge is 0.496 e. The van der Waals surface area contributed by atoms with Crippen molar-refractivity contribution in [2.45, 2.75) is 18.9 Å². The minimum atomic E-state index is -0.573. The number of likely N-dealkylation sites (tertiary alicyclic amines) is 1. The third-order valence-corrected chi connectivity index (χ3v) is 4.68. The Hall–Kier alpha value is -3.42. The summed E-state index contributed by atoms with van der Waals surface area (Å²) in [6.45, 7) is 1.00. The van der Waals surface area contributed by atoms with Crippen LogP contribution in [0.5, 0.6) is 5.75 Å². The summed E-state index contributed by atoms with van der Waals surface area (Å²) in [5.41, 5.74) is 0.753. The number of methoxy groups -OCH3 is 1. The van der Waals surface area contributed by atoms with E-state index in [1.807, 2.05) is 30.3 Å². The van der Waals surface area contributed by atoms with E-state index in [2.05, 4.69) is 5.32 Å². The molecule has 28 heavy (non-hydrogen) atoms. The van der Waals surface area contributed by atoms with Crippen molar-refractivity contribution in [2.24, 2.45) is 0 Å². The molecule has 1 heterocycles. The molecule has 2 aromatic carbocycles. The van der Waals surface area contributed by atoms with Crippen LogP contribution in [0.4, 0.5) is 5.69 Å². The molecular weight excluding hydrogens is 362 g/mol. The summed E-state index contributed by atoms with van der Waals surface area (Å²) in [6, 6.07) is 12.8. The Labute approximate surface area is 162 Å². The molecule has 0 unspecified atom stereocenters. The van der Waals surface area contributed by atoms with Gasteiger partial charge in [0.2, 0.25) is 5.91 Å². The molecule has 1 atom stereocenters. The van der Waals surface area contributed by atoms with Gasteiger partial charge in [0, 0.05) is 31.1 Å². The minimum absolute atomic E-state index is 0.0622. The average molecular weight is 383 g/mol. The Morgan fingerprint density at radius 3 is 2.64 bits per heavy atom. The van der Waals surface area contributed by atoms with Crippen molar-refractivity contribution in [3.63, 3.8) is 0 Å². The summed E-state index contributed by atoms with van der Waals surface area (Å²) >= 11 is 0. The highest BCUT2D eigenvalue weighted by molar-refractivity contribution is 5.95. The number of ether oxygens (including phenoxy) is 1. The molecule has 1 saturated heterocycles. The number of benzene rings is 2. The highest BCUT2D eigenvalue weighted by atomic mass is 16.6. The number of hydrogen-bond acceptors (Lipinski definition) is 5. The van der Waals surface area contributed by atoms with E-state index in [4.69, 9.17) is 4.74 Å². The topological polar surface area (TPSA) is 102 Å². The summed E-state index contributed by atoms with van der Waals surface area (Å²) in [5.74, 6) is -0.181. The lowest BCUT2D eigenvalue weighted by Crippen LogP contribution is -2.38. The van der Waals surface area contributed by atoms with Gasteiger partial charge >= 0.3 is 0 Å². The fourth-order valence-electron chi connectivity index (χ4n) is 3.22. The van der Waals surface area contributed by atoms with Gasteiger partial charge in [-0.05, 0) is 18.1 Å². The molecule has 0 spiro atoms. The van der Waals surface area contributed by atoms with E-state index in [0.29, 0.717) is 19.5 Å². The van der Waals surface area contributed by atoms with Gasteiger partial charge < -0.3 is 15.0 Å². The number of non-ortho nitro benzene ring substituents is 1. The fraction of sp³-hybridized carbons (Fsp3) is 0.300. The van der Waals surface area contributed by atoms with E-state index in [0.717, 1.165) is 12.0 Å². The van der Waals surface area contributed by atoms with E-state index in [1.165, 1.54) is 25.3 Å². The number of nitrogens with one attached hydrogen (secondary N) is 1. The van der Waals surface area contributed by atoms with E-state index in [9.17, 15) is 19.7 Å². The first-order chi connectivity index (χ1) is 13.5. The Bertz CT molecular complexity index is 885. The molecule has 0 radical (unpaired) electrons. The second-order valence-electron chi connectivity index (χ2n) is 6.56. The number of amides is 2. The van der Waals surface area contributed by atoms with Gasteiger partial charge in [-0.15, -0.1) is 0 Å². The minimum Gasteiger partial charge on any atom is -0.496 e. The average Bonchev–Trinajstić information content (AvgIpc) is 3.12. The van der Waals surface area contributed by atoms with Crippen LogP contribution in [-0.2, 0) is 4.79 Å². The van der Waals surface area contributed by atoms with Crippen molar-refractivity contribution >= 4 is 17.5 Å². The van der Waals surface area contributed by atoms with Gasteiger partial charge in [0.25, 0.3) is 11.6 Å². The van der Waals surface area contributed by atoms with Gasteiger partial charge in [0.1, 0.15) is 5.75 Å². The van der Waals surface area contributed by atoms with Crippen molar-refractivity contribution < 1.29 is 19.2 Å². The third-order valence-electron chi connectivity index (χ3n) is 4.68. The second kappa shape index (κ2) is 8.51. The molecule has 8 heteroatoms. The number of carbonyl (C=O) groups excluding carboxylic acids is 2. The zero-order valence-electron chi connectivity index (χ0n) is 15.5. The molecule has 146 valence electrons. The van der Waals surface area contributed by atoms with Gasteiger partial charge in [-0.25, -0.2) is 0 Å². The molecular formula is C20H21N3O5. The van der Waals surface area contributed by atoms with E-state index >= 15 is 0 Å². The van der Waals surface area contributed by atoms with Crippen LogP contribution < -0.4 is 10.1 Å². The molecule has 2 aromatic rings. The first-order valence-corrected chi connectivity index (χ1v) is 8.95. The molecule has 1 N–H and O–H groups in total. The van der Waals surface area contributed by atoms with Crippen molar-refractivity contribution in [1.29, 1.82) is 0 Å². The molecule has 1 aliphatic rings. The van der Waals surface area contributed by atoms with Gasteiger partial charge in [0.05, 0.1) is 24.1 Å². The van der Waals surface area contributed by atoms with Crippen LogP contribution in [0.25, 0.3) is 0 Å². The molecule has 0 aromatic heterocycles. The standard InChI is InChI=1S/C20H21N3O5/c1-28-17-11-15(10-16(12-17)23(26)27)20(25)21-18(14-6-3-2-4-7-14)13-22-9-5-8-19(22)24/h2-4,6-7,10-12,18H,5,8-9,13H2,1H3,(H,21,25)/t18-/m0/s1. The molecule has 1 fully saturated rings. The first-order valence-electron chi connectivity index (χ1n) is 8.95. The number of nitro groups is 1. The van der Waals surface area contributed by atoms with Crippen LogP contribution in [-0.4, -0.2) is 41.8 Å². The van der Waals surface area contributed by atoms with Crippen LogP contribution in [0.3, 0.4) is 0 Å². The van der Waals surface area contributed by atoms with Crippen molar-refractivity contribution in [3.8, 4) is 5.75 Å². The van der Waals surface area contributed by atoms with Crippen molar-refractivity contribution in [2.75, 3.05) is 20.2 Å². The first kappa shape index (κ1) is 19.3. The SMILES string of the molecule is COc1cc(C(=O)N[C@@H](CN2CCCC2=O)c2ccccc2)cc([N+](=O)[O-])c1. The lowest BCUT2D eigenvalue weighted by molar-refractivity contribution is -0.385. The lowest BCUT2D eigenvalue weighted by atomic mass is 10.1. The van der Waals surface area contributed by atoms with Gasteiger partial charge in [-0.2, -0.15) is 0 Å². The predicted molar refractivity (Wildman–Crippen MR) is 102 cm³/mol. The van der Waals surface area contributed by atoms with Crippen LogP contribution in [0.1, 0.15) is 34.8 Å². The van der Waals surface area contributed by atoms with Crippen LogP contribution in [0.15, 0.2) is 48.5 Å². The molecule has 2 amide bonds. The summed E-state index contributed by atoms with van der Waals surface area (Å²) in [4.78, 5) is 37.1. The zero-order chi connectivity index (χ0) is 20.1. The number of rotatable bonds is 7. The predicted octanol–water partition coefficient (Wildman–Crippen LogP) is 2.70. The van der Waals surface area contributed by atoms with Crippen LogP contribution >= 0.6 is 0 Å². The van der Waals surface area contributed by atoms with Crippen LogP contribution in [0.2, 0.25) is 0 Å². The number of nitrogens with zero attached hydrogens (tertiary/aromatic N) is 2. The Morgan fingerprint density at radius 2 is 2.04 bits per heavy atom. The summed E-state index contributed by atoms with van der Waals surface area (Å²) in [5, 5.41) is 14.0. The third kappa shape index (κ3) is 4.46. The van der Waals surface area contributed by atoms with Crippen molar-refractivity contribution in [3.05, 3.63) is 69.8 Å². The van der Waals surface area contributed by atoms with Gasteiger partial charge in [-0.1, -0.05) is 30.3 Å². The maximum Gasteiger partial charge on any atom is 0.273 e. The Morgan fingerprint density at radius 1 is 1.29 bits per heavy atom. The molecule has 0 bridgehead atoms. The lowest BCUT2D eigenvalue weighted by Gasteiger charge is -2.25. The van der Waals surface area contributed by atoms with Gasteiger partial charge in [-0.3, -0.25) is 19.7 Å². The normalized spacial score (nSPS) is 14.6. The number of nitro benzene ring substituents is 1.